The molecule has 1 nitrogen and oxygen atoms in total. The van der Waals surface area contributed by atoms with Gasteiger partial charge in [0.15, 0.2) is 0 Å². The molecule has 1 heterocycles. The highest BCUT2D eigenvalue weighted by Gasteiger charge is 2.47. The van der Waals surface area contributed by atoms with Gasteiger partial charge < -0.3 is 4.90 Å². The van der Waals surface area contributed by atoms with Gasteiger partial charge in [-0.25, -0.2) is 0 Å². The van der Waals surface area contributed by atoms with Crippen LogP contribution in [0.5, 0.6) is 0 Å². The largest absolute Gasteiger partial charge is 0.309 e. The van der Waals surface area contributed by atoms with Crippen molar-refractivity contribution >= 4 is 59.3 Å². The highest BCUT2D eigenvalue weighted by atomic mass is 32.1. The molecule has 0 fully saturated rings. The third-order valence-corrected chi connectivity index (χ3v) is 17.1. The molecule has 0 atom stereocenters. The second kappa shape index (κ2) is 18.0. The fraction of sp³-hybridized carbons (Fsp3) is 0.123. The highest BCUT2D eigenvalue weighted by molar-refractivity contribution is 7.26. The molecule has 1 aliphatic carbocycles. The summed E-state index contributed by atoms with van der Waals surface area (Å²) < 4.78 is 2.63. The van der Waals surface area contributed by atoms with Gasteiger partial charge in [-0.05, 0) is 119 Å². The number of hydrogen-bond donors (Lipinski definition) is 0. The van der Waals surface area contributed by atoms with Crippen molar-refractivity contribution in [1.29, 1.82) is 0 Å². The molecule has 13 rings (SSSR count). The molecular formula is C73H59NS. The summed E-state index contributed by atoms with van der Waals surface area (Å²) in [6.07, 6.45) is 0. The van der Waals surface area contributed by atoms with E-state index in [0.717, 1.165) is 17.1 Å². The first kappa shape index (κ1) is 46.5. The lowest BCUT2D eigenvalue weighted by molar-refractivity contribution is 0.569. The van der Waals surface area contributed by atoms with E-state index in [2.05, 4.69) is 295 Å². The second-order valence-electron chi connectivity index (χ2n) is 22.4. The number of hydrogen-bond acceptors (Lipinski definition) is 2. The molecule has 0 saturated heterocycles. The van der Waals surface area contributed by atoms with Crippen LogP contribution in [0.4, 0.5) is 17.1 Å². The minimum Gasteiger partial charge on any atom is -0.309 e. The Kier molecular flexibility index (Phi) is 11.1. The van der Waals surface area contributed by atoms with E-state index in [1.807, 2.05) is 11.3 Å². The average molecular weight is 982 g/mol. The molecule has 1 aromatic heterocycles. The molecule has 0 aliphatic heterocycles. The van der Waals surface area contributed by atoms with Crippen LogP contribution in [0.15, 0.2) is 249 Å². The molecule has 2 heteroatoms. The number of rotatable bonds is 8. The Balaban J connectivity index is 1.08. The standard InChI is InChI=1S/C73H59NS/c1-71(2,3)53-45-50(46-54(47-53)72(4,5)6)56-32-19-23-49-24-20-34-60(68(49)56)58-29-14-17-38-65(58)74(55-43-41-48(42-44-55)57-33-21-35-61-59-30-15-18-40-67(59)75-70(57)61)66-39-22-37-64-69(66)62-31-13-16-36-63(62)73(64,51-25-9-7-10-26-51)52-27-11-8-12-28-52/h7-47H,1-6H3. The van der Waals surface area contributed by atoms with Crippen molar-refractivity contribution in [3.8, 4) is 44.5 Å². The number of fused-ring (bicyclic) bond motifs is 7. The fourth-order valence-corrected chi connectivity index (χ4v) is 13.4. The Labute approximate surface area is 446 Å². The van der Waals surface area contributed by atoms with Crippen molar-refractivity contribution in [1.82, 2.24) is 0 Å². The zero-order valence-corrected chi connectivity index (χ0v) is 44.3. The normalized spacial score (nSPS) is 13.0. The molecule has 1 aliphatic rings. The lowest BCUT2D eigenvalue weighted by atomic mass is 9.68. The summed E-state index contributed by atoms with van der Waals surface area (Å²) in [5.74, 6) is 0. The molecule has 75 heavy (non-hydrogen) atoms. The molecule has 0 N–H and O–H groups in total. The van der Waals surface area contributed by atoms with Crippen LogP contribution in [-0.4, -0.2) is 0 Å². The van der Waals surface area contributed by atoms with Gasteiger partial charge in [0.05, 0.1) is 16.8 Å². The zero-order chi connectivity index (χ0) is 51.1. The van der Waals surface area contributed by atoms with Crippen molar-refractivity contribution in [2.45, 2.75) is 57.8 Å². The summed E-state index contributed by atoms with van der Waals surface area (Å²) in [6.45, 7) is 14.0. The van der Waals surface area contributed by atoms with Gasteiger partial charge in [0, 0.05) is 37.0 Å². The van der Waals surface area contributed by atoms with Crippen LogP contribution in [0.1, 0.15) is 74.9 Å². The van der Waals surface area contributed by atoms with E-state index >= 15 is 0 Å². The van der Waals surface area contributed by atoms with Gasteiger partial charge in [0.1, 0.15) is 0 Å². The predicted octanol–water partition coefficient (Wildman–Crippen LogP) is 20.6. The maximum Gasteiger partial charge on any atom is 0.0714 e. The van der Waals surface area contributed by atoms with Crippen LogP contribution in [0, 0.1) is 0 Å². The van der Waals surface area contributed by atoms with Crippen LogP contribution >= 0.6 is 11.3 Å². The molecule has 0 radical (unpaired) electrons. The van der Waals surface area contributed by atoms with Crippen molar-refractivity contribution in [2.24, 2.45) is 0 Å². The van der Waals surface area contributed by atoms with Gasteiger partial charge >= 0.3 is 0 Å². The SMILES string of the molecule is CC(C)(C)c1cc(-c2cccc3cccc(-c4ccccc4N(c4ccc(-c5cccc6c5sc5ccccc56)cc4)c4cccc5c4-c4ccccc4C5(c4ccccc4)c4ccccc4)c23)cc(C(C)(C)C)c1. The Hall–Kier alpha value is -8.30. The minimum absolute atomic E-state index is 0.0242. The van der Waals surface area contributed by atoms with Crippen molar-refractivity contribution < 1.29 is 0 Å². The van der Waals surface area contributed by atoms with Crippen LogP contribution < -0.4 is 4.90 Å². The molecule has 362 valence electrons. The van der Waals surface area contributed by atoms with E-state index in [4.69, 9.17) is 0 Å². The molecule has 0 spiro atoms. The van der Waals surface area contributed by atoms with Gasteiger partial charge in [-0.3, -0.25) is 0 Å². The zero-order valence-electron chi connectivity index (χ0n) is 43.5. The topological polar surface area (TPSA) is 3.24 Å². The Morgan fingerprint density at radius 2 is 0.893 bits per heavy atom. The Morgan fingerprint density at radius 1 is 0.373 bits per heavy atom. The molecule has 11 aromatic carbocycles. The van der Waals surface area contributed by atoms with E-state index in [-0.39, 0.29) is 10.8 Å². The number of anilines is 3. The minimum atomic E-state index is -0.555. The van der Waals surface area contributed by atoms with Gasteiger partial charge in [-0.1, -0.05) is 260 Å². The first-order valence-corrected chi connectivity index (χ1v) is 27.2. The van der Waals surface area contributed by atoms with Gasteiger partial charge in [-0.15, -0.1) is 11.3 Å². The maximum absolute atomic E-state index is 2.56. The third kappa shape index (κ3) is 7.65. The fourth-order valence-electron chi connectivity index (χ4n) is 12.2. The van der Waals surface area contributed by atoms with Crippen molar-refractivity contribution in [2.75, 3.05) is 4.90 Å². The number of thiophene rings is 1. The van der Waals surface area contributed by atoms with E-state index in [1.165, 1.54) is 109 Å². The number of nitrogens with zero attached hydrogens (tertiary/aromatic N) is 1. The molecule has 0 saturated carbocycles. The summed E-state index contributed by atoms with van der Waals surface area (Å²) in [5.41, 5.74) is 20.3. The molecule has 0 amide bonds. The maximum atomic E-state index is 2.56. The summed E-state index contributed by atoms with van der Waals surface area (Å²) in [6, 6.07) is 93.5. The van der Waals surface area contributed by atoms with Crippen molar-refractivity contribution in [3.63, 3.8) is 0 Å². The first-order valence-electron chi connectivity index (χ1n) is 26.4. The lowest BCUT2D eigenvalue weighted by Crippen LogP contribution is -2.28. The van der Waals surface area contributed by atoms with Crippen LogP contribution in [0.25, 0.3) is 75.5 Å². The van der Waals surface area contributed by atoms with Crippen LogP contribution in [0.3, 0.4) is 0 Å². The summed E-state index contributed by atoms with van der Waals surface area (Å²) in [7, 11) is 0. The van der Waals surface area contributed by atoms with E-state index in [9.17, 15) is 0 Å². The van der Waals surface area contributed by atoms with Gasteiger partial charge in [0.2, 0.25) is 0 Å². The van der Waals surface area contributed by atoms with Crippen molar-refractivity contribution in [3.05, 3.63) is 282 Å². The summed E-state index contributed by atoms with van der Waals surface area (Å²) >= 11 is 1.88. The Morgan fingerprint density at radius 3 is 1.59 bits per heavy atom. The van der Waals surface area contributed by atoms with E-state index < -0.39 is 5.41 Å². The third-order valence-electron chi connectivity index (χ3n) is 15.9. The predicted molar refractivity (Wildman–Crippen MR) is 323 cm³/mol. The number of para-hydroxylation sites is 1. The molecular weight excluding hydrogens is 923 g/mol. The Bertz CT molecular complexity index is 4050. The second-order valence-corrected chi connectivity index (χ2v) is 23.5. The average Bonchev–Trinajstić information content (AvgIpc) is 3.99. The highest BCUT2D eigenvalue weighted by Crippen LogP contribution is 2.60. The monoisotopic (exact) mass is 981 g/mol. The lowest BCUT2D eigenvalue weighted by Gasteiger charge is -2.34. The summed E-state index contributed by atoms with van der Waals surface area (Å²) in [4.78, 5) is 2.56. The van der Waals surface area contributed by atoms with Crippen LogP contribution in [0.2, 0.25) is 0 Å². The number of benzene rings is 11. The van der Waals surface area contributed by atoms with Gasteiger partial charge in [-0.2, -0.15) is 0 Å². The van der Waals surface area contributed by atoms with E-state index in [0.29, 0.717) is 0 Å². The molecule has 12 aromatic rings. The van der Waals surface area contributed by atoms with E-state index in [1.54, 1.807) is 0 Å². The van der Waals surface area contributed by atoms with Gasteiger partial charge in [0.25, 0.3) is 0 Å². The molecule has 0 bridgehead atoms. The first-order chi connectivity index (χ1) is 36.5. The molecule has 0 unspecified atom stereocenters. The van der Waals surface area contributed by atoms with Crippen LogP contribution in [-0.2, 0) is 16.2 Å². The smallest absolute Gasteiger partial charge is 0.0714 e. The quantitative estimate of drug-likeness (QED) is 0.147. The summed E-state index contributed by atoms with van der Waals surface area (Å²) in [5, 5.41) is 5.09.